The smallest absolute Gasteiger partial charge is 0.223 e. The van der Waals surface area contributed by atoms with E-state index >= 15 is 0 Å². The van der Waals surface area contributed by atoms with Gasteiger partial charge in [0.2, 0.25) is 9.84 Å². The molecule has 0 bridgehead atoms. The van der Waals surface area contributed by atoms with Crippen LogP contribution in [0.3, 0.4) is 0 Å². The molecule has 1 fully saturated rings. The highest BCUT2D eigenvalue weighted by atomic mass is 32.2. The summed E-state index contributed by atoms with van der Waals surface area (Å²) in [5, 5.41) is 7.95. The topological polar surface area (TPSA) is 99.7 Å². The van der Waals surface area contributed by atoms with Gasteiger partial charge in [-0.3, -0.25) is 10.3 Å². The van der Waals surface area contributed by atoms with Crippen molar-refractivity contribution in [2.75, 3.05) is 43.9 Å². The predicted octanol–water partition coefficient (Wildman–Crippen LogP) is 3.40. The number of nitrogen functional groups attached to an aromatic ring is 1. The van der Waals surface area contributed by atoms with E-state index in [0.29, 0.717) is 5.75 Å². The second-order valence-electron chi connectivity index (χ2n) is 8.01. The second-order valence-corrected chi connectivity index (χ2v) is 9.89. The molecule has 3 aromatic rings. The molecule has 7 nitrogen and oxygen atoms in total. The fourth-order valence-corrected chi connectivity index (χ4v) is 5.26. The molecule has 1 saturated heterocycles. The zero-order chi connectivity index (χ0) is 23.4. The lowest BCUT2D eigenvalue weighted by Crippen LogP contribution is -2.46. The number of nitrogens with zero attached hydrogens (tertiary/aromatic N) is 2. The van der Waals surface area contributed by atoms with Crippen LogP contribution >= 0.6 is 0 Å². The third-order valence-corrected chi connectivity index (χ3v) is 7.53. The normalized spacial score (nSPS) is 14.8. The van der Waals surface area contributed by atoms with Crippen LogP contribution in [-0.4, -0.2) is 51.7 Å². The van der Waals surface area contributed by atoms with Gasteiger partial charge in [0.15, 0.2) is 5.04 Å². The molecule has 4 rings (SSSR count). The van der Waals surface area contributed by atoms with Gasteiger partial charge in [-0.15, -0.1) is 0 Å². The molecule has 0 saturated carbocycles. The average Bonchev–Trinajstić information content (AvgIpc) is 2.85. The van der Waals surface area contributed by atoms with Crippen molar-refractivity contribution in [2.24, 2.45) is 0 Å². The summed E-state index contributed by atoms with van der Waals surface area (Å²) in [6, 6.07) is 21.6. The van der Waals surface area contributed by atoms with Crippen LogP contribution in [0.4, 0.5) is 11.4 Å². The molecule has 0 amide bonds. The average molecular weight is 465 g/mol. The summed E-state index contributed by atoms with van der Waals surface area (Å²) in [5.74, 6) is 0.567. The fraction of sp³-hybridized carbons (Fsp3) is 0.240. The van der Waals surface area contributed by atoms with Crippen LogP contribution in [0.2, 0.25) is 0 Å². The van der Waals surface area contributed by atoms with Gasteiger partial charge in [0.05, 0.1) is 17.7 Å². The van der Waals surface area contributed by atoms with E-state index in [1.165, 1.54) is 17.7 Å². The molecule has 3 N–H and O–H groups in total. The highest BCUT2D eigenvalue weighted by Gasteiger charge is 2.27. The minimum Gasteiger partial charge on any atom is -0.495 e. The maximum atomic E-state index is 13.0. The number of methoxy groups -OCH3 is 1. The first kappa shape index (κ1) is 22.8. The molecular formula is C25H28N4O3S. The number of anilines is 2. The molecule has 0 radical (unpaired) electrons. The SMILES string of the molecule is COc1cc(N)c(C(=N)S(=O)(=O)c2ccccc2)cc1N1CCN(Cc2ccccc2)CC1. The van der Waals surface area contributed by atoms with Crippen molar-refractivity contribution in [3.8, 4) is 5.75 Å². The third-order valence-electron chi connectivity index (χ3n) is 5.88. The van der Waals surface area contributed by atoms with Gasteiger partial charge >= 0.3 is 0 Å². The maximum Gasteiger partial charge on any atom is 0.223 e. The first-order valence-electron chi connectivity index (χ1n) is 10.8. The van der Waals surface area contributed by atoms with Gasteiger partial charge in [-0.05, 0) is 23.8 Å². The number of ether oxygens (including phenoxy) is 1. The summed E-state index contributed by atoms with van der Waals surface area (Å²) in [4.78, 5) is 4.62. The van der Waals surface area contributed by atoms with Crippen LogP contribution in [-0.2, 0) is 16.4 Å². The van der Waals surface area contributed by atoms with Crippen molar-refractivity contribution in [2.45, 2.75) is 11.4 Å². The van der Waals surface area contributed by atoms with Crippen molar-refractivity contribution >= 4 is 26.3 Å². The van der Waals surface area contributed by atoms with Crippen LogP contribution in [0.15, 0.2) is 77.7 Å². The summed E-state index contributed by atoms with van der Waals surface area (Å²) in [6.07, 6.45) is 0. The predicted molar refractivity (Wildman–Crippen MR) is 132 cm³/mol. The quantitative estimate of drug-likeness (QED) is 0.330. The largest absolute Gasteiger partial charge is 0.495 e. The van der Waals surface area contributed by atoms with E-state index in [2.05, 4.69) is 21.9 Å². The summed E-state index contributed by atoms with van der Waals surface area (Å²) < 4.78 is 31.6. The molecule has 0 spiro atoms. The highest BCUT2D eigenvalue weighted by molar-refractivity contribution is 8.06. The maximum absolute atomic E-state index is 13.0. The Morgan fingerprint density at radius 2 is 1.58 bits per heavy atom. The summed E-state index contributed by atoms with van der Waals surface area (Å²) >= 11 is 0. The van der Waals surface area contributed by atoms with Crippen molar-refractivity contribution < 1.29 is 13.2 Å². The highest BCUT2D eigenvalue weighted by Crippen LogP contribution is 2.35. The monoisotopic (exact) mass is 464 g/mol. The van der Waals surface area contributed by atoms with Crippen molar-refractivity contribution in [1.29, 1.82) is 5.41 Å². The Labute approximate surface area is 194 Å². The number of nitrogens with one attached hydrogen (secondary N) is 1. The van der Waals surface area contributed by atoms with Gasteiger partial charge in [0, 0.05) is 50.0 Å². The van der Waals surface area contributed by atoms with Crippen molar-refractivity contribution in [3.63, 3.8) is 0 Å². The van der Waals surface area contributed by atoms with Crippen molar-refractivity contribution in [1.82, 2.24) is 4.90 Å². The summed E-state index contributed by atoms with van der Waals surface area (Å²) in [6.45, 7) is 4.12. The zero-order valence-corrected chi connectivity index (χ0v) is 19.4. The lowest BCUT2D eigenvalue weighted by atomic mass is 10.1. The number of rotatable bonds is 6. The second kappa shape index (κ2) is 9.64. The Balaban J connectivity index is 1.57. The van der Waals surface area contributed by atoms with E-state index in [1.807, 2.05) is 18.2 Å². The van der Waals surface area contributed by atoms with E-state index in [1.54, 1.807) is 37.4 Å². The van der Waals surface area contributed by atoms with E-state index in [9.17, 15) is 8.42 Å². The summed E-state index contributed by atoms with van der Waals surface area (Å²) in [5.41, 5.74) is 8.57. The number of hydrogen-bond acceptors (Lipinski definition) is 7. The van der Waals surface area contributed by atoms with E-state index in [4.69, 9.17) is 15.9 Å². The molecule has 3 aromatic carbocycles. The van der Waals surface area contributed by atoms with Crippen LogP contribution in [0, 0.1) is 5.41 Å². The van der Waals surface area contributed by atoms with Gasteiger partial charge < -0.3 is 15.4 Å². The van der Waals surface area contributed by atoms with Crippen LogP contribution < -0.4 is 15.4 Å². The Hall–Kier alpha value is -3.36. The molecule has 1 heterocycles. The zero-order valence-electron chi connectivity index (χ0n) is 18.6. The van der Waals surface area contributed by atoms with E-state index < -0.39 is 14.9 Å². The molecule has 1 aliphatic heterocycles. The minimum absolute atomic E-state index is 0.0706. The number of sulfone groups is 1. The Morgan fingerprint density at radius 3 is 2.18 bits per heavy atom. The molecule has 0 atom stereocenters. The van der Waals surface area contributed by atoms with Crippen LogP contribution in [0.1, 0.15) is 11.1 Å². The van der Waals surface area contributed by atoms with E-state index in [0.717, 1.165) is 38.4 Å². The molecule has 0 unspecified atom stereocenters. The van der Waals surface area contributed by atoms with Crippen LogP contribution in [0.5, 0.6) is 5.75 Å². The number of benzene rings is 3. The molecule has 33 heavy (non-hydrogen) atoms. The van der Waals surface area contributed by atoms with Gasteiger partial charge in [-0.1, -0.05) is 48.5 Å². The molecule has 8 heteroatoms. The van der Waals surface area contributed by atoms with Gasteiger partial charge in [-0.2, -0.15) is 0 Å². The Bertz CT molecular complexity index is 1220. The standard InChI is InChI=1S/C25H28N4O3S/c1-32-24-17-22(26)21(25(27)33(30,31)20-10-6-3-7-11-20)16-23(24)29-14-12-28(13-15-29)18-19-8-4-2-5-9-19/h2-11,16-17,27H,12-15,18,26H2,1H3. The molecule has 0 aromatic heterocycles. The minimum atomic E-state index is -3.99. The van der Waals surface area contributed by atoms with Crippen LogP contribution in [0.25, 0.3) is 0 Å². The number of nitrogens with two attached hydrogens (primary N) is 1. The van der Waals surface area contributed by atoms with Gasteiger partial charge in [0.1, 0.15) is 5.75 Å². The molecular weight excluding hydrogens is 436 g/mol. The van der Waals surface area contributed by atoms with Gasteiger partial charge in [-0.25, -0.2) is 8.42 Å². The molecule has 1 aliphatic rings. The first-order valence-corrected chi connectivity index (χ1v) is 12.3. The lowest BCUT2D eigenvalue weighted by molar-refractivity contribution is 0.249. The molecule has 172 valence electrons. The van der Waals surface area contributed by atoms with Gasteiger partial charge in [0.25, 0.3) is 0 Å². The van der Waals surface area contributed by atoms with E-state index in [-0.39, 0.29) is 16.1 Å². The summed E-state index contributed by atoms with van der Waals surface area (Å²) in [7, 11) is -2.42. The third kappa shape index (κ3) is 4.86. The molecule has 0 aliphatic carbocycles. The first-order chi connectivity index (χ1) is 15.9. The Morgan fingerprint density at radius 1 is 0.970 bits per heavy atom. The number of piperazine rings is 1. The fourth-order valence-electron chi connectivity index (χ4n) is 4.04. The Kier molecular flexibility index (Phi) is 6.67. The van der Waals surface area contributed by atoms with Crippen molar-refractivity contribution in [3.05, 3.63) is 83.9 Å². The number of hydrogen-bond donors (Lipinski definition) is 2. The lowest BCUT2D eigenvalue weighted by Gasteiger charge is -2.37.